The Morgan fingerprint density at radius 2 is 1.26 bits per heavy atom. The van der Waals surface area contributed by atoms with Crippen molar-refractivity contribution in [2.24, 2.45) is 0 Å². The van der Waals surface area contributed by atoms with E-state index in [1.165, 1.54) is 102 Å². The predicted molar refractivity (Wildman–Crippen MR) is 144 cm³/mol. The van der Waals surface area contributed by atoms with Crippen molar-refractivity contribution in [3.05, 3.63) is 45.1 Å². The average molecular weight is 472 g/mol. The molecular weight excluding hydrogens is 433 g/mol. The monoisotopic (exact) mass is 471 g/mol. The van der Waals surface area contributed by atoms with Gasteiger partial charge in [-0.15, -0.1) is 34.0 Å². The largest absolute Gasteiger partial charge is 0.142 e. The Kier molecular flexibility index (Phi) is 10.3. The zero-order valence-electron chi connectivity index (χ0n) is 19.9. The van der Waals surface area contributed by atoms with E-state index in [2.05, 4.69) is 50.6 Å². The molecular formula is C28H39S3. The standard InChI is InChI=1S/C28H39S3/c1-5-9-13-21-19-29-27(23(21)15-11-7-3)25-17-18-26(31-25)28-24(16-12-8-4)22(20-30-28)14-10-6-2/h17-19H,5-16H2,1-4H3. The molecule has 0 nitrogen and oxygen atoms in total. The summed E-state index contributed by atoms with van der Waals surface area (Å²) in [4.78, 5) is 5.96. The lowest BCUT2D eigenvalue weighted by Gasteiger charge is -2.07. The van der Waals surface area contributed by atoms with Gasteiger partial charge < -0.3 is 0 Å². The van der Waals surface area contributed by atoms with E-state index >= 15 is 0 Å². The van der Waals surface area contributed by atoms with Crippen LogP contribution in [0.5, 0.6) is 0 Å². The van der Waals surface area contributed by atoms with E-state index in [9.17, 15) is 0 Å². The summed E-state index contributed by atoms with van der Waals surface area (Å²) in [5.74, 6) is 0. The van der Waals surface area contributed by atoms with Gasteiger partial charge in [-0.25, -0.2) is 0 Å². The predicted octanol–water partition coefficient (Wildman–Crippen LogP) is 10.4. The molecule has 3 heteroatoms. The van der Waals surface area contributed by atoms with Crippen LogP contribution in [0.3, 0.4) is 0 Å². The Labute approximate surface area is 202 Å². The number of thiophene rings is 3. The maximum Gasteiger partial charge on any atom is 0.0487 e. The fourth-order valence-electron chi connectivity index (χ4n) is 4.16. The molecule has 0 aromatic carbocycles. The molecule has 0 unspecified atom stereocenters. The molecule has 0 saturated carbocycles. The normalized spacial score (nSPS) is 11.5. The zero-order chi connectivity index (χ0) is 22.1. The Bertz CT molecular complexity index is 836. The fourth-order valence-corrected chi connectivity index (χ4v) is 7.66. The number of rotatable bonds is 14. The minimum atomic E-state index is 1.19. The molecule has 0 aliphatic heterocycles. The second-order valence-corrected chi connectivity index (χ2v) is 11.4. The van der Waals surface area contributed by atoms with Gasteiger partial charge in [0.25, 0.3) is 0 Å². The summed E-state index contributed by atoms with van der Waals surface area (Å²) < 4.78 is 0. The topological polar surface area (TPSA) is 0 Å². The summed E-state index contributed by atoms with van der Waals surface area (Å²) in [6, 6.07) is 4.77. The summed E-state index contributed by atoms with van der Waals surface area (Å²) in [5, 5.41) is 6.13. The van der Waals surface area contributed by atoms with E-state index in [-0.39, 0.29) is 0 Å². The summed E-state index contributed by atoms with van der Waals surface area (Å²) in [6.07, 6.45) is 15.1. The molecule has 3 aromatic heterocycles. The van der Waals surface area contributed by atoms with Gasteiger partial charge in [-0.05, 0) is 91.1 Å². The Hall–Kier alpha value is -0.900. The molecule has 169 valence electrons. The van der Waals surface area contributed by atoms with E-state index in [1.54, 1.807) is 16.7 Å². The van der Waals surface area contributed by atoms with Gasteiger partial charge in [0.2, 0.25) is 0 Å². The van der Waals surface area contributed by atoms with E-state index in [0.717, 1.165) is 0 Å². The third-order valence-corrected chi connectivity index (χ3v) is 9.59. The average Bonchev–Trinajstić information content (AvgIpc) is 3.51. The minimum absolute atomic E-state index is 1.19. The van der Waals surface area contributed by atoms with Crippen LogP contribution in [0.1, 0.15) is 101 Å². The van der Waals surface area contributed by atoms with E-state index < -0.39 is 0 Å². The van der Waals surface area contributed by atoms with Gasteiger partial charge in [0.05, 0.1) is 0 Å². The molecule has 0 amide bonds. The van der Waals surface area contributed by atoms with Crippen LogP contribution >= 0.6 is 34.0 Å². The highest BCUT2D eigenvalue weighted by atomic mass is 32.1. The Balaban J connectivity index is 1.91. The van der Waals surface area contributed by atoms with Crippen molar-refractivity contribution >= 4 is 34.0 Å². The first-order valence-electron chi connectivity index (χ1n) is 12.4. The lowest BCUT2D eigenvalue weighted by Crippen LogP contribution is -1.92. The lowest BCUT2D eigenvalue weighted by molar-refractivity contribution is 0.762. The Morgan fingerprint density at radius 1 is 0.677 bits per heavy atom. The number of unbranched alkanes of at least 4 members (excludes halogenated alkanes) is 4. The number of aryl methyl sites for hydroxylation is 2. The van der Waals surface area contributed by atoms with Crippen molar-refractivity contribution in [3.8, 4) is 19.5 Å². The SMILES string of the molecule is CCCCc1[c]sc(-c2ccc(-c3scc(CCCC)c3CCCC)s2)c1CCCC. The highest BCUT2D eigenvalue weighted by Crippen LogP contribution is 2.44. The zero-order valence-corrected chi connectivity index (χ0v) is 22.4. The van der Waals surface area contributed by atoms with E-state index in [1.807, 2.05) is 34.0 Å². The van der Waals surface area contributed by atoms with E-state index in [0.29, 0.717) is 0 Å². The number of hydrogen-bond donors (Lipinski definition) is 0. The second-order valence-electron chi connectivity index (χ2n) is 8.64. The highest BCUT2D eigenvalue weighted by Gasteiger charge is 2.18. The highest BCUT2D eigenvalue weighted by molar-refractivity contribution is 7.25. The molecule has 0 saturated heterocycles. The Morgan fingerprint density at radius 3 is 1.94 bits per heavy atom. The van der Waals surface area contributed by atoms with Gasteiger partial charge in [0.1, 0.15) is 0 Å². The summed E-state index contributed by atoms with van der Waals surface area (Å²) in [6.45, 7) is 9.20. The van der Waals surface area contributed by atoms with Gasteiger partial charge >= 0.3 is 0 Å². The summed E-state index contributed by atoms with van der Waals surface area (Å²) in [7, 11) is 0. The molecule has 1 radical (unpaired) electrons. The van der Waals surface area contributed by atoms with Crippen molar-refractivity contribution < 1.29 is 0 Å². The number of hydrogen-bond acceptors (Lipinski definition) is 3. The molecule has 0 atom stereocenters. The smallest absolute Gasteiger partial charge is 0.0487 e. The first-order chi connectivity index (χ1) is 15.2. The van der Waals surface area contributed by atoms with Crippen LogP contribution in [-0.4, -0.2) is 0 Å². The maximum atomic E-state index is 3.68. The van der Waals surface area contributed by atoms with Gasteiger partial charge in [-0.1, -0.05) is 53.4 Å². The fraction of sp³-hybridized carbons (Fsp3) is 0.571. The van der Waals surface area contributed by atoms with Crippen LogP contribution in [0.25, 0.3) is 19.5 Å². The van der Waals surface area contributed by atoms with Crippen molar-refractivity contribution in [1.82, 2.24) is 0 Å². The van der Waals surface area contributed by atoms with Gasteiger partial charge in [-0.2, -0.15) is 0 Å². The molecule has 0 spiro atoms. The van der Waals surface area contributed by atoms with Gasteiger partial charge in [0.15, 0.2) is 0 Å². The molecule has 0 N–H and O–H groups in total. The van der Waals surface area contributed by atoms with Crippen molar-refractivity contribution in [3.63, 3.8) is 0 Å². The van der Waals surface area contributed by atoms with Crippen LogP contribution in [0.2, 0.25) is 0 Å². The van der Waals surface area contributed by atoms with Crippen LogP contribution in [-0.2, 0) is 25.7 Å². The third kappa shape index (κ3) is 6.33. The first kappa shape index (κ1) is 24.7. The summed E-state index contributed by atoms with van der Waals surface area (Å²) in [5.41, 5.74) is 6.34. The molecule has 3 aromatic rings. The van der Waals surface area contributed by atoms with Crippen molar-refractivity contribution in [2.75, 3.05) is 0 Å². The van der Waals surface area contributed by atoms with Gasteiger partial charge in [-0.3, -0.25) is 0 Å². The van der Waals surface area contributed by atoms with Crippen LogP contribution in [0.15, 0.2) is 17.5 Å². The van der Waals surface area contributed by atoms with Gasteiger partial charge in [0, 0.05) is 24.9 Å². The quantitative estimate of drug-likeness (QED) is 0.219. The molecule has 0 aliphatic carbocycles. The molecule has 0 fully saturated rings. The van der Waals surface area contributed by atoms with Crippen LogP contribution < -0.4 is 0 Å². The van der Waals surface area contributed by atoms with Crippen LogP contribution in [0.4, 0.5) is 0 Å². The minimum Gasteiger partial charge on any atom is -0.142 e. The van der Waals surface area contributed by atoms with Crippen molar-refractivity contribution in [1.29, 1.82) is 0 Å². The van der Waals surface area contributed by atoms with Crippen LogP contribution in [0, 0.1) is 5.38 Å². The first-order valence-corrected chi connectivity index (χ1v) is 15.0. The molecule has 3 heterocycles. The third-order valence-electron chi connectivity index (χ3n) is 6.09. The second kappa shape index (κ2) is 13.0. The summed E-state index contributed by atoms with van der Waals surface area (Å²) >= 11 is 5.85. The van der Waals surface area contributed by atoms with Crippen molar-refractivity contribution in [2.45, 2.75) is 105 Å². The molecule has 0 aliphatic rings. The molecule has 0 bridgehead atoms. The van der Waals surface area contributed by atoms with E-state index in [4.69, 9.17) is 0 Å². The lowest BCUT2D eigenvalue weighted by atomic mass is 9.99. The maximum absolute atomic E-state index is 3.68. The molecule has 31 heavy (non-hydrogen) atoms. The molecule has 3 rings (SSSR count).